The number of carbonyl (C=O) groups excluding carboxylic acids is 1. The molecule has 1 amide bonds. The van der Waals surface area contributed by atoms with Gasteiger partial charge in [0.05, 0.1) is 24.1 Å². The highest BCUT2D eigenvalue weighted by molar-refractivity contribution is 7.16. The summed E-state index contributed by atoms with van der Waals surface area (Å²) in [6.45, 7) is 2.16. The number of carbonyl (C=O) groups is 1. The van der Waals surface area contributed by atoms with E-state index in [9.17, 15) is 4.79 Å². The van der Waals surface area contributed by atoms with Gasteiger partial charge in [0.25, 0.3) is 5.91 Å². The van der Waals surface area contributed by atoms with E-state index < -0.39 is 0 Å². The first kappa shape index (κ1) is 15.7. The number of hydrogen-bond acceptors (Lipinski definition) is 6. The number of thiophene rings is 1. The van der Waals surface area contributed by atoms with Gasteiger partial charge in [-0.1, -0.05) is 16.6 Å². The molecule has 0 saturated heterocycles. The summed E-state index contributed by atoms with van der Waals surface area (Å²) < 4.78 is 3.58. The van der Waals surface area contributed by atoms with Gasteiger partial charge in [-0.05, 0) is 30.5 Å². The molecule has 7 nitrogen and oxygen atoms in total. The number of rotatable bonds is 5. The van der Waals surface area contributed by atoms with Gasteiger partial charge in [-0.15, -0.1) is 5.10 Å². The normalized spacial score (nSPS) is 10.9. The lowest BCUT2D eigenvalue weighted by molar-refractivity contribution is 0.0953. The number of aromatic nitrogens is 5. The van der Waals surface area contributed by atoms with Crippen LogP contribution in [0.1, 0.15) is 21.1 Å². The van der Waals surface area contributed by atoms with Crippen LogP contribution in [-0.2, 0) is 6.54 Å². The van der Waals surface area contributed by atoms with Gasteiger partial charge in [0, 0.05) is 17.8 Å². The average molecular weight is 370 g/mol. The van der Waals surface area contributed by atoms with Crippen molar-refractivity contribution < 1.29 is 4.79 Å². The molecule has 0 fully saturated rings. The Morgan fingerprint density at radius 1 is 1.32 bits per heavy atom. The zero-order chi connectivity index (χ0) is 17.2. The maximum absolute atomic E-state index is 12.5. The minimum atomic E-state index is -0.154. The van der Waals surface area contributed by atoms with Gasteiger partial charge in [0.15, 0.2) is 5.13 Å². The summed E-state index contributed by atoms with van der Waals surface area (Å²) in [6, 6.07) is 5.81. The van der Waals surface area contributed by atoms with Gasteiger partial charge in [-0.3, -0.25) is 4.79 Å². The highest BCUT2D eigenvalue weighted by Gasteiger charge is 2.16. The second kappa shape index (κ2) is 6.61. The van der Waals surface area contributed by atoms with Gasteiger partial charge in [0.1, 0.15) is 10.6 Å². The van der Waals surface area contributed by atoms with Crippen molar-refractivity contribution >= 4 is 28.6 Å². The number of aryl methyl sites for hydroxylation is 1. The summed E-state index contributed by atoms with van der Waals surface area (Å²) in [7, 11) is 0. The first-order valence-electron chi connectivity index (χ1n) is 7.53. The van der Waals surface area contributed by atoms with Crippen LogP contribution in [-0.4, -0.2) is 30.5 Å². The highest BCUT2D eigenvalue weighted by Crippen LogP contribution is 2.21. The van der Waals surface area contributed by atoms with Crippen molar-refractivity contribution in [3.63, 3.8) is 0 Å². The van der Waals surface area contributed by atoms with E-state index in [4.69, 9.17) is 0 Å². The van der Waals surface area contributed by atoms with E-state index in [1.54, 1.807) is 16.0 Å². The molecule has 0 unspecified atom stereocenters. The van der Waals surface area contributed by atoms with Crippen LogP contribution in [0.5, 0.6) is 0 Å². The van der Waals surface area contributed by atoms with E-state index in [0.717, 1.165) is 10.8 Å². The van der Waals surface area contributed by atoms with Crippen LogP contribution in [0, 0.1) is 6.92 Å². The van der Waals surface area contributed by atoms with Crippen LogP contribution in [0.3, 0.4) is 0 Å². The maximum Gasteiger partial charge on any atom is 0.263 e. The molecule has 9 heteroatoms. The molecule has 0 atom stereocenters. The van der Waals surface area contributed by atoms with E-state index in [1.807, 2.05) is 59.0 Å². The molecular weight excluding hydrogens is 356 g/mol. The fourth-order valence-corrected chi connectivity index (χ4v) is 3.88. The third kappa shape index (κ3) is 3.24. The summed E-state index contributed by atoms with van der Waals surface area (Å²) >= 11 is 2.96. The zero-order valence-corrected chi connectivity index (χ0v) is 14.9. The Hall–Kier alpha value is -2.78. The number of nitrogens with one attached hydrogen (secondary N) is 1. The molecule has 0 bridgehead atoms. The van der Waals surface area contributed by atoms with Gasteiger partial charge in [-0.25, -0.2) is 9.67 Å². The highest BCUT2D eigenvalue weighted by atomic mass is 32.1. The number of hydrogen-bond donors (Lipinski definition) is 1. The largest absolute Gasteiger partial charge is 0.345 e. The Kier molecular flexibility index (Phi) is 4.16. The molecule has 25 heavy (non-hydrogen) atoms. The average Bonchev–Trinajstić information content (AvgIpc) is 3.38. The van der Waals surface area contributed by atoms with Crippen LogP contribution in [0.2, 0.25) is 0 Å². The molecule has 0 spiro atoms. The van der Waals surface area contributed by atoms with Crippen molar-refractivity contribution in [2.75, 3.05) is 0 Å². The van der Waals surface area contributed by atoms with Crippen LogP contribution in [0.15, 0.2) is 47.5 Å². The Labute approximate surface area is 151 Å². The first-order chi connectivity index (χ1) is 12.2. The number of thiazole rings is 1. The van der Waals surface area contributed by atoms with Crippen molar-refractivity contribution in [1.29, 1.82) is 0 Å². The lowest BCUT2D eigenvalue weighted by Gasteiger charge is -2.00. The zero-order valence-electron chi connectivity index (χ0n) is 13.3. The molecular formula is C16H14N6OS2. The summed E-state index contributed by atoms with van der Waals surface area (Å²) in [6.07, 6.45) is 5.62. The summed E-state index contributed by atoms with van der Waals surface area (Å²) in [5.74, 6) is -0.154. The molecule has 126 valence electrons. The SMILES string of the molecule is Cc1nc(-n2cccc2)sc1C(=O)NCc1cn(-c2ccsc2)nn1. The van der Waals surface area contributed by atoms with Crippen molar-refractivity contribution in [3.8, 4) is 10.8 Å². The minimum Gasteiger partial charge on any atom is -0.345 e. The van der Waals surface area contributed by atoms with Crippen molar-refractivity contribution in [2.24, 2.45) is 0 Å². The van der Waals surface area contributed by atoms with E-state index >= 15 is 0 Å². The monoisotopic (exact) mass is 370 g/mol. The number of nitrogens with zero attached hydrogens (tertiary/aromatic N) is 5. The fraction of sp³-hybridized carbons (Fsp3) is 0.125. The molecule has 0 aromatic carbocycles. The van der Waals surface area contributed by atoms with E-state index in [0.29, 0.717) is 22.8 Å². The van der Waals surface area contributed by atoms with Gasteiger partial charge < -0.3 is 9.88 Å². The fourth-order valence-electron chi connectivity index (χ4n) is 2.31. The predicted octanol–water partition coefficient (Wildman–Crippen LogP) is 2.81. The molecule has 0 aliphatic carbocycles. The van der Waals surface area contributed by atoms with Gasteiger partial charge >= 0.3 is 0 Å². The predicted molar refractivity (Wildman–Crippen MR) is 96.6 cm³/mol. The van der Waals surface area contributed by atoms with Gasteiger partial charge in [0.2, 0.25) is 0 Å². The summed E-state index contributed by atoms with van der Waals surface area (Å²) in [5, 5.41) is 15.8. The topological polar surface area (TPSA) is 77.6 Å². The third-order valence-corrected chi connectivity index (χ3v) is 5.40. The van der Waals surface area contributed by atoms with Gasteiger partial charge in [-0.2, -0.15) is 11.3 Å². The first-order valence-corrected chi connectivity index (χ1v) is 9.29. The standard InChI is InChI=1S/C16H14N6OS2/c1-11-14(25-16(18-11)21-5-2-3-6-21)15(23)17-8-12-9-22(20-19-12)13-4-7-24-10-13/h2-7,9-10H,8H2,1H3,(H,17,23). The van der Waals surface area contributed by atoms with Crippen molar-refractivity contribution in [3.05, 3.63) is 63.8 Å². The summed E-state index contributed by atoms with van der Waals surface area (Å²) in [5.41, 5.74) is 2.38. The van der Waals surface area contributed by atoms with E-state index in [1.165, 1.54) is 11.3 Å². The molecule has 0 aliphatic heterocycles. The van der Waals surface area contributed by atoms with Crippen molar-refractivity contribution in [2.45, 2.75) is 13.5 Å². The van der Waals surface area contributed by atoms with Crippen LogP contribution < -0.4 is 5.32 Å². The minimum absolute atomic E-state index is 0.154. The van der Waals surface area contributed by atoms with Crippen molar-refractivity contribution in [1.82, 2.24) is 29.9 Å². The Balaban J connectivity index is 1.44. The van der Waals surface area contributed by atoms with E-state index in [2.05, 4.69) is 20.6 Å². The van der Waals surface area contributed by atoms with Crippen LogP contribution >= 0.6 is 22.7 Å². The Morgan fingerprint density at radius 2 is 2.16 bits per heavy atom. The number of amides is 1. The molecule has 4 aromatic rings. The Morgan fingerprint density at radius 3 is 2.92 bits per heavy atom. The second-order valence-corrected chi connectivity index (χ2v) is 7.08. The lowest BCUT2D eigenvalue weighted by atomic mass is 10.3. The van der Waals surface area contributed by atoms with E-state index in [-0.39, 0.29) is 5.91 Å². The lowest BCUT2D eigenvalue weighted by Crippen LogP contribution is -2.22. The molecule has 1 N–H and O–H groups in total. The molecule has 0 saturated carbocycles. The quantitative estimate of drug-likeness (QED) is 0.586. The van der Waals surface area contributed by atoms with Crippen LogP contribution in [0.25, 0.3) is 10.8 Å². The second-order valence-electron chi connectivity index (χ2n) is 5.32. The molecule has 4 aromatic heterocycles. The van der Waals surface area contributed by atoms with Crippen LogP contribution in [0.4, 0.5) is 0 Å². The molecule has 4 rings (SSSR count). The molecule has 0 radical (unpaired) electrons. The smallest absolute Gasteiger partial charge is 0.263 e. The summed E-state index contributed by atoms with van der Waals surface area (Å²) in [4.78, 5) is 17.5. The maximum atomic E-state index is 12.5. The molecule has 0 aliphatic rings. The molecule has 4 heterocycles. The Bertz CT molecular complexity index is 984. The third-order valence-electron chi connectivity index (χ3n) is 3.56.